The van der Waals surface area contributed by atoms with Crippen molar-refractivity contribution in [1.29, 1.82) is 0 Å². The fourth-order valence-corrected chi connectivity index (χ4v) is 2.16. The number of benzene rings is 1. The molecule has 1 fully saturated rings. The summed E-state index contributed by atoms with van der Waals surface area (Å²) >= 11 is 0. The lowest BCUT2D eigenvalue weighted by atomic mass is 10.1. The number of amides is 3. The number of anilines is 1. The van der Waals surface area contributed by atoms with Gasteiger partial charge in [0.25, 0.3) is 0 Å². The minimum atomic E-state index is -1.29. The van der Waals surface area contributed by atoms with E-state index in [1.807, 2.05) is 0 Å². The standard InChI is InChI=1S/C13H15N3O5/c14-11(18)7-3-4-16(6-7)13(21)15-8-1-2-10(17)9(5-8)12(19)20/h1-2,5,7,17H,3-4,6H2,(H2,14,18)(H,15,21)(H,19,20). The van der Waals surface area contributed by atoms with E-state index >= 15 is 0 Å². The highest BCUT2D eigenvalue weighted by Crippen LogP contribution is 2.22. The van der Waals surface area contributed by atoms with Crippen LogP contribution >= 0.6 is 0 Å². The molecule has 1 heterocycles. The van der Waals surface area contributed by atoms with E-state index in [1.165, 1.54) is 17.0 Å². The average Bonchev–Trinajstić information content (AvgIpc) is 2.90. The molecule has 0 spiro atoms. The monoisotopic (exact) mass is 293 g/mol. The maximum atomic E-state index is 12.0. The molecule has 0 saturated carbocycles. The van der Waals surface area contributed by atoms with Crippen LogP contribution in [0.25, 0.3) is 0 Å². The third-order valence-electron chi connectivity index (χ3n) is 3.36. The Kier molecular flexibility index (Phi) is 3.97. The molecular weight excluding hydrogens is 278 g/mol. The second kappa shape index (κ2) is 5.70. The van der Waals surface area contributed by atoms with Gasteiger partial charge >= 0.3 is 12.0 Å². The summed E-state index contributed by atoms with van der Waals surface area (Å²) < 4.78 is 0. The lowest BCUT2D eigenvalue weighted by Crippen LogP contribution is -2.34. The number of carboxylic acids is 1. The molecule has 5 N–H and O–H groups in total. The normalized spacial score (nSPS) is 17.5. The van der Waals surface area contributed by atoms with Crippen molar-refractivity contribution in [2.45, 2.75) is 6.42 Å². The van der Waals surface area contributed by atoms with Gasteiger partial charge in [-0.05, 0) is 24.6 Å². The van der Waals surface area contributed by atoms with Crippen molar-refractivity contribution in [3.63, 3.8) is 0 Å². The van der Waals surface area contributed by atoms with Crippen LogP contribution in [0.5, 0.6) is 5.75 Å². The number of hydrogen-bond acceptors (Lipinski definition) is 4. The van der Waals surface area contributed by atoms with Gasteiger partial charge in [0, 0.05) is 18.8 Å². The van der Waals surface area contributed by atoms with Crippen LogP contribution in [0.1, 0.15) is 16.8 Å². The van der Waals surface area contributed by atoms with Gasteiger partial charge in [-0.1, -0.05) is 0 Å². The Hall–Kier alpha value is -2.77. The van der Waals surface area contributed by atoms with Crippen molar-refractivity contribution in [3.8, 4) is 5.75 Å². The van der Waals surface area contributed by atoms with Crippen LogP contribution in [0.4, 0.5) is 10.5 Å². The second-order valence-electron chi connectivity index (χ2n) is 4.80. The summed E-state index contributed by atoms with van der Waals surface area (Å²) in [6.07, 6.45) is 0.513. The van der Waals surface area contributed by atoms with Gasteiger partial charge in [0.1, 0.15) is 11.3 Å². The molecule has 21 heavy (non-hydrogen) atoms. The third-order valence-corrected chi connectivity index (χ3v) is 3.36. The van der Waals surface area contributed by atoms with Crippen LogP contribution in [0.2, 0.25) is 0 Å². The van der Waals surface area contributed by atoms with E-state index in [-0.39, 0.29) is 29.5 Å². The number of urea groups is 1. The minimum absolute atomic E-state index is 0.241. The molecule has 8 heteroatoms. The molecule has 1 aromatic carbocycles. The van der Waals surface area contributed by atoms with E-state index in [0.29, 0.717) is 13.0 Å². The van der Waals surface area contributed by atoms with E-state index < -0.39 is 17.9 Å². The number of nitrogens with zero attached hydrogens (tertiary/aromatic N) is 1. The number of phenols is 1. The number of primary amides is 1. The summed E-state index contributed by atoms with van der Waals surface area (Å²) in [7, 11) is 0. The Labute approximate surface area is 120 Å². The zero-order valence-corrected chi connectivity index (χ0v) is 11.1. The second-order valence-corrected chi connectivity index (χ2v) is 4.80. The Morgan fingerprint density at radius 3 is 2.62 bits per heavy atom. The van der Waals surface area contributed by atoms with E-state index in [2.05, 4.69) is 5.32 Å². The van der Waals surface area contributed by atoms with Crippen LogP contribution in [0.15, 0.2) is 18.2 Å². The quantitative estimate of drug-likeness (QED) is 0.600. The smallest absolute Gasteiger partial charge is 0.339 e. The van der Waals surface area contributed by atoms with Gasteiger partial charge in [-0.15, -0.1) is 0 Å². The van der Waals surface area contributed by atoms with Gasteiger partial charge in [-0.2, -0.15) is 0 Å². The summed E-state index contributed by atoms with van der Waals surface area (Å²) in [5.74, 6) is -2.47. The van der Waals surface area contributed by atoms with E-state index in [1.54, 1.807) is 0 Å². The molecule has 2 rings (SSSR count). The highest BCUT2D eigenvalue weighted by Gasteiger charge is 2.29. The fraction of sp³-hybridized carbons (Fsp3) is 0.308. The van der Waals surface area contributed by atoms with Crippen molar-refractivity contribution in [2.75, 3.05) is 18.4 Å². The number of nitrogens with one attached hydrogen (secondary N) is 1. The van der Waals surface area contributed by atoms with Crippen LogP contribution in [0.3, 0.4) is 0 Å². The van der Waals surface area contributed by atoms with Crippen LogP contribution in [-0.4, -0.2) is 46.1 Å². The number of likely N-dealkylation sites (tertiary alicyclic amines) is 1. The highest BCUT2D eigenvalue weighted by molar-refractivity contribution is 5.95. The van der Waals surface area contributed by atoms with Gasteiger partial charge in [-0.3, -0.25) is 4.79 Å². The van der Waals surface area contributed by atoms with Crippen molar-refractivity contribution < 1.29 is 24.6 Å². The predicted molar refractivity (Wildman–Crippen MR) is 73.0 cm³/mol. The molecule has 0 aromatic heterocycles. The lowest BCUT2D eigenvalue weighted by Gasteiger charge is -2.17. The van der Waals surface area contributed by atoms with Gasteiger partial charge < -0.3 is 26.2 Å². The topological polar surface area (TPSA) is 133 Å². The lowest BCUT2D eigenvalue weighted by molar-refractivity contribution is -0.121. The van der Waals surface area contributed by atoms with Crippen molar-refractivity contribution in [3.05, 3.63) is 23.8 Å². The van der Waals surface area contributed by atoms with Crippen LogP contribution < -0.4 is 11.1 Å². The van der Waals surface area contributed by atoms with Crippen molar-refractivity contribution in [1.82, 2.24) is 4.90 Å². The Balaban J connectivity index is 2.05. The predicted octanol–water partition coefficient (Wildman–Crippen LogP) is 0.429. The summed E-state index contributed by atoms with van der Waals surface area (Å²) in [5.41, 5.74) is 5.14. The Bertz CT molecular complexity index is 601. The molecule has 8 nitrogen and oxygen atoms in total. The summed E-state index contributed by atoms with van der Waals surface area (Å²) in [6.45, 7) is 0.647. The number of carbonyl (C=O) groups excluding carboxylic acids is 2. The Morgan fingerprint density at radius 1 is 1.33 bits per heavy atom. The van der Waals surface area contributed by atoms with Gasteiger partial charge in [0.05, 0.1) is 5.92 Å². The molecule has 1 unspecified atom stereocenters. The maximum Gasteiger partial charge on any atom is 0.339 e. The van der Waals surface area contributed by atoms with E-state index in [9.17, 15) is 19.5 Å². The van der Waals surface area contributed by atoms with Crippen molar-refractivity contribution in [2.24, 2.45) is 11.7 Å². The molecule has 1 aliphatic rings. The van der Waals surface area contributed by atoms with Crippen LogP contribution in [-0.2, 0) is 4.79 Å². The van der Waals surface area contributed by atoms with E-state index in [0.717, 1.165) is 6.07 Å². The maximum absolute atomic E-state index is 12.0. The third kappa shape index (κ3) is 3.22. The van der Waals surface area contributed by atoms with Gasteiger partial charge in [-0.25, -0.2) is 9.59 Å². The SMILES string of the molecule is NC(=O)C1CCN(C(=O)Nc2ccc(O)c(C(=O)O)c2)C1. The first-order valence-electron chi connectivity index (χ1n) is 6.30. The first-order chi connectivity index (χ1) is 9.88. The van der Waals surface area contributed by atoms with Gasteiger partial charge in [0.2, 0.25) is 5.91 Å². The number of aromatic hydroxyl groups is 1. The van der Waals surface area contributed by atoms with Gasteiger partial charge in [0.15, 0.2) is 0 Å². The average molecular weight is 293 g/mol. The molecule has 1 saturated heterocycles. The number of nitrogens with two attached hydrogens (primary N) is 1. The van der Waals surface area contributed by atoms with E-state index in [4.69, 9.17) is 10.8 Å². The molecule has 0 bridgehead atoms. The number of hydrogen-bond donors (Lipinski definition) is 4. The molecule has 0 radical (unpaired) electrons. The number of carboxylic acid groups (broad SMARTS) is 1. The zero-order chi connectivity index (χ0) is 15.6. The number of rotatable bonds is 3. The molecule has 112 valence electrons. The summed E-state index contributed by atoms with van der Waals surface area (Å²) in [6, 6.07) is 3.30. The summed E-state index contributed by atoms with van der Waals surface area (Å²) in [5, 5.41) is 20.8. The molecule has 1 atom stereocenters. The fourth-order valence-electron chi connectivity index (χ4n) is 2.16. The Morgan fingerprint density at radius 2 is 2.05 bits per heavy atom. The number of carbonyl (C=O) groups is 3. The first-order valence-corrected chi connectivity index (χ1v) is 6.30. The minimum Gasteiger partial charge on any atom is -0.507 e. The zero-order valence-electron chi connectivity index (χ0n) is 11.1. The molecule has 1 aliphatic heterocycles. The largest absolute Gasteiger partial charge is 0.507 e. The first kappa shape index (κ1) is 14.6. The highest BCUT2D eigenvalue weighted by atomic mass is 16.4. The molecular formula is C13H15N3O5. The summed E-state index contributed by atoms with van der Waals surface area (Å²) in [4.78, 5) is 35.4. The molecule has 3 amide bonds. The number of aromatic carboxylic acids is 1. The van der Waals surface area contributed by atoms with Crippen molar-refractivity contribution >= 4 is 23.6 Å². The molecule has 1 aromatic rings. The molecule has 0 aliphatic carbocycles. The van der Waals surface area contributed by atoms with Crippen LogP contribution in [0, 0.1) is 5.92 Å².